The highest BCUT2D eigenvalue weighted by Crippen LogP contribution is 2.34. The molecule has 11 nitrogen and oxygen atoms in total. The van der Waals surface area contributed by atoms with Crippen LogP contribution in [0.15, 0.2) is 66.1 Å². The van der Waals surface area contributed by atoms with Gasteiger partial charge in [-0.1, -0.05) is 30.2 Å². The van der Waals surface area contributed by atoms with E-state index in [9.17, 15) is 22.8 Å². The van der Waals surface area contributed by atoms with E-state index in [1.807, 2.05) is 19.1 Å². The standard InChI is InChI=1S/C29H25ClF3N9O2/c1-16-4-3-5-23(17-8-9-34-21(10-17)27-22(37-28(16)44)13-36-40(27)2)41-15-35-20(12-26(41)43)19-11-18(30)6-7-24(19)42-14-25(38-39-42)29(31,32)33/h6-16,23H,3-5H2,1-2H3,(H,37,44)/t16-,23+/m1/s1. The molecule has 1 amide bonds. The largest absolute Gasteiger partial charge is 0.436 e. The Hall–Kier alpha value is -4.85. The molecule has 1 aromatic carbocycles. The molecule has 0 saturated carbocycles. The van der Waals surface area contributed by atoms with E-state index in [-0.39, 0.29) is 23.2 Å². The third kappa shape index (κ3) is 5.60. The van der Waals surface area contributed by atoms with Crippen LogP contribution < -0.4 is 10.9 Å². The third-order valence-corrected chi connectivity index (χ3v) is 7.84. The van der Waals surface area contributed by atoms with Gasteiger partial charge in [-0.2, -0.15) is 18.3 Å². The van der Waals surface area contributed by atoms with E-state index in [4.69, 9.17) is 11.6 Å². The summed E-state index contributed by atoms with van der Waals surface area (Å²) in [5.41, 5.74) is 1.71. The number of amides is 1. The molecule has 226 valence electrons. The molecular formula is C29H25ClF3N9O2. The van der Waals surface area contributed by atoms with Crippen LogP contribution >= 0.6 is 11.6 Å². The van der Waals surface area contributed by atoms with Gasteiger partial charge in [0.2, 0.25) is 5.91 Å². The van der Waals surface area contributed by atoms with Crippen molar-refractivity contribution < 1.29 is 18.0 Å². The van der Waals surface area contributed by atoms with Gasteiger partial charge in [-0.3, -0.25) is 23.8 Å². The van der Waals surface area contributed by atoms with E-state index in [1.165, 1.54) is 35.2 Å². The lowest BCUT2D eigenvalue weighted by Crippen LogP contribution is -2.26. The molecule has 0 aliphatic carbocycles. The van der Waals surface area contributed by atoms with Crippen molar-refractivity contribution in [1.82, 2.24) is 39.3 Å². The first-order valence-electron chi connectivity index (χ1n) is 13.7. The van der Waals surface area contributed by atoms with Gasteiger partial charge >= 0.3 is 6.18 Å². The zero-order valence-corrected chi connectivity index (χ0v) is 24.2. The second kappa shape index (κ2) is 11.3. The van der Waals surface area contributed by atoms with Crippen LogP contribution in [0.1, 0.15) is 43.5 Å². The molecule has 4 aromatic heterocycles. The number of aryl methyl sites for hydroxylation is 1. The third-order valence-electron chi connectivity index (χ3n) is 7.61. The molecule has 0 radical (unpaired) electrons. The SMILES string of the molecule is C[C@@H]1CCC[C@H](n2cnc(-c3cc(Cl)ccc3-n3cc(C(F)(F)F)nn3)cc2=O)c2ccnc(c2)-c2c(cnn2C)NC1=O. The molecular weight excluding hydrogens is 599 g/mol. The number of carbonyl (C=O) groups excluding carboxylic acids is 1. The summed E-state index contributed by atoms with van der Waals surface area (Å²) < 4.78 is 43.7. The van der Waals surface area contributed by atoms with Crippen molar-refractivity contribution in [1.29, 1.82) is 0 Å². The lowest BCUT2D eigenvalue weighted by atomic mass is 9.95. The fourth-order valence-corrected chi connectivity index (χ4v) is 5.48. The van der Waals surface area contributed by atoms with Crippen LogP contribution in [-0.4, -0.2) is 45.2 Å². The normalized spacial score (nSPS) is 17.4. The first-order valence-corrected chi connectivity index (χ1v) is 14.0. The molecule has 2 atom stereocenters. The molecule has 2 bridgehead atoms. The Kier molecular flexibility index (Phi) is 7.53. The summed E-state index contributed by atoms with van der Waals surface area (Å²) in [5, 5.41) is 14.4. The number of hydrogen-bond acceptors (Lipinski definition) is 7. The van der Waals surface area contributed by atoms with E-state index in [1.54, 1.807) is 24.1 Å². The fourth-order valence-electron chi connectivity index (χ4n) is 5.30. The van der Waals surface area contributed by atoms with E-state index in [2.05, 4.69) is 30.7 Å². The zero-order chi connectivity index (χ0) is 31.2. The zero-order valence-electron chi connectivity index (χ0n) is 23.5. The van der Waals surface area contributed by atoms with Gasteiger partial charge in [0, 0.05) is 35.8 Å². The van der Waals surface area contributed by atoms with Crippen LogP contribution in [0.4, 0.5) is 18.9 Å². The Morgan fingerprint density at radius 3 is 2.61 bits per heavy atom. The number of alkyl halides is 3. The number of pyridine rings is 1. The topological polar surface area (TPSA) is 125 Å². The quantitative estimate of drug-likeness (QED) is 0.289. The maximum absolute atomic E-state index is 13.7. The van der Waals surface area contributed by atoms with E-state index in [0.717, 1.165) is 16.4 Å². The second-order valence-electron chi connectivity index (χ2n) is 10.6. The van der Waals surface area contributed by atoms with Crippen molar-refractivity contribution in [3.63, 3.8) is 0 Å². The molecule has 44 heavy (non-hydrogen) atoms. The predicted molar refractivity (Wildman–Crippen MR) is 155 cm³/mol. The number of rotatable bonds is 3. The highest BCUT2D eigenvalue weighted by atomic mass is 35.5. The maximum atomic E-state index is 13.7. The fraction of sp³-hybridized carbons (Fsp3) is 0.276. The lowest BCUT2D eigenvalue weighted by Gasteiger charge is -2.23. The predicted octanol–water partition coefficient (Wildman–Crippen LogP) is 5.31. The Bertz CT molecular complexity index is 1930. The summed E-state index contributed by atoms with van der Waals surface area (Å²) >= 11 is 6.23. The van der Waals surface area contributed by atoms with Crippen LogP contribution in [0, 0.1) is 5.92 Å². The van der Waals surface area contributed by atoms with Crippen LogP contribution in [0.2, 0.25) is 5.02 Å². The van der Waals surface area contributed by atoms with Crippen molar-refractivity contribution >= 4 is 23.2 Å². The molecule has 1 aliphatic heterocycles. The molecule has 5 heterocycles. The van der Waals surface area contributed by atoms with E-state index in [0.29, 0.717) is 46.9 Å². The molecule has 6 rings (SSSR count). The Balaban J connectivity index is 1.42. The number of hydrogen-bond donors (Lipinski definition) is 1. The minimum absolute atomic E-state index is 0.136. The highest BCUT2D eigenvalue weighted by molar-refractivity contribution is 6.31. The first-order chi connectivity index (χ1) is 21.0. The van der Waals surface area contributed by atoms with Gasteiger partial charge < -0.3 is 5.32 Å². The molecule has 5 aromatic rings. The smallest absolute Gasteiger partial charge is 0.323 e. The Labute approximate surface area is 253 Å². The molecule has 1 N–H and O–H groups in total. The minimum atomic E-state index is -4.68. The Morgan fingerprint density at radius 1 is 1.05 bits per heavy atom. The number of nitrogens with zero attached hydrogens (tertiary/aromatic N) is 8. The number of benzene rings is 1. The average molecular weight is 624 g/mol. The minimum Gasteiger partial charge on any atom is -0.323 e. The average Bonchev–Trinajstić information content (AvgIpc) is 3.62. The summed E-state index contributed by atoms with van der Waals surface area (Å²) in [6, 6.07) is 9.04. The lowest BCUT2D eigenvalue weighted by molar-refractivity contribution is -0.141. The van der Waals surface area contributed by atoms with Crippen LogP contribution in [0.3, 0.4) is 0 Å². The van der Waals surface area contributed by atoms with Gasteiger partial charge in [0.1, 0.15) is 5.69 Å². The summed E-state index contributed by atoms with van der Waals surface area (Å²) in [4.78, 5) is 35.6. The van der Waals surface area contributed by atoms with Crippen LogP contribution in [0.5, 0.6) is 0 Å². The van der Waals surface area contributed by atoms with Gasteiger partial charge in [0.25, 0.3) is 5.56 Å². The van der Waals surface area contributed by atoms with Gasteiger partial charge in [-0.25, -0.2) is 9.67 Å². The number of aromatic nitrogens is 8. The highest BCUT2D eigenvalue weighted by Gasteiger charge is 2.35. The van der Waals surface area contributed by atoms with Crippen molar-refractivity contribution in [2.45, 2.75) is 38.4 Å². The van der Waals surface area contributed by atoms with Gasteiger partial charge in [-0.15, -0.1) is 5.10 Å². The Morgan fingerprint density at radius 2 is 1.86 bits per heavy atom. The van der Waals surface area contributed by atoms with Gasteiger partial charge in [-0.05, 0) is 48.7 Å². The molecule has 15 heteroatoms. The number of fused-ring (bicyclic) bond motifs is 4. The van der Waals surface area contributed by atoms with E-state index < -0.39 is 23.5 Å². The maximum Gasteiger partial charge on any atom is 0.436 e. The number of anilines is 1. The first kappa shape index (κ1) is 29.2. The number of halogens is 4. The van der Waals surface area contributed by atoms with Crippen LogP contribution in [-0.2, 0) is 18.0 Å². The summed E-state index contributed by atoms with van der Waals surface area (Å²) in [6.07, 6.45) is 2.46. The second-order valence-corrected chi connectivity index (χ2v) is 11.0. The number of carbonyl (C=O) groups is 1. The van der Waals surface area contributed by atoms with Gasteiger partial charge in [0.15, 0.2) is 5.69 Å². The van der Waals surface area contributed by atoms with Crippen molar-refractivity contribution in [3.05, 3.63) is 87.9 Å². The van der Waals surface area contributed by atoms with Crippen LogP contribution in [0.25, 0.3) is 28.3 Å². The molecule has 1 aliphatic rings. The summed E-state index contributed by atoms with van der Waals surface area (Å²) in [6.45, 7) is 1.85. The number of nitrogens with one attached hydrogen (secondary N) is 1. The summed E-state index contributed by atoms with van der Waals surface area (Å²) in [7, 11) is 1.76. The van der Waals surface area contributed by atoms with Crippen molar-refractivity contribution in [2.75, 3.05) is 5.32 Å². The van der Waals surface area contributed by atoms with Crippen molar-refractivity contribution in [2.24, 2.45) is 13.0 Å². The molecule has 0 saturated heterocycles. The van der Waals surface area contributed by atoms with Crippen molar-refractivity contribution in [3.8, 4) is 28.3 Å². The summed E-state index contributed by atoms with van der Waals surface area (Å²) in [5.74, 6) is -0.426. The molecule has 0 spiro atoms. The monoisotopic (exact) mass is 623 g/mol. The molecule has 0 unspecified atom stereocenters. The molecule has 0 fully saturated rings. The van der Waals surface area contributed by atoms with Gasteiger partial charge in [0.05, 0.1) is 47.5 Å². The van der Waals surface area contributed by atoms with E-state index >= 15 is 0 Å².